The normalized spacial score (nSPS) is 13.0. The Labute approximate surface area is 155 Å². The Kier molecular flexibility index (Phi) is 4.43. The van der Waals surface area contributed by atoms with Crippen molar-refractivity contribution in [2.45, 2.75) is 17.7 Å². The number of nitrogens with one attached hydrogen (secondary N) is 1. The summed E-state index contributed by atoms with van der Waals surface area (Å²) in [4.78, 5) is 13.2. The van der Waals surface area contributed by atoms with E-state index in [1.807, 2.05) is 30.3 Å². The van der Waals surface area contributed by atoms with Gasteiger partial charge in [0.05, 0.1) is 17.2 Å². The molecule has 0 aromatic heterocycles. The Morgan fingerprint density at radius 1 is 0.962 bits per heavy atom. The number of fused-ring (bicyclic) bond motifs is 3. The summed E-state index contributed by atoms with van der Waals surface area (Å²) in [5.41, 5.74) is 6.69. The van der Waals surface area contributed by atoms with Crippen LogP contribution in [-0.4, -0.2) is 16.4 Å². The number of benzene rings is 3. The van der Waals surface area contributed by atoms with Gasteiger partial charge in [0.25, 0.3) is 0 Å². The molecule has 0 aliphatic heterocycles. The van der Waals surface area contributed by atoms with Crippen molar-refractivity contribution >= 4 is 22.4 Å². The van der Waals surface area contributed by atoms with Gasteiger partial charge in [-0.25, -0.2) is 0 Å². The van der Waals surface area contributed by atoms with Crippen LogP contribution in [0.5, 0.6) is 0 Å². The van der Waals surface area contributed by atoms with Crippen LogP contribution < -0.4 is 5.32 Å². The van der Waals surface area contributed by atoms with Gasteiger partial charge in [-0.15, -0.1) is 0 Å². The van der Waals surface area contributed by atoms with E-state index in [1.165, 1.54) is 22.3 Å². The van der Waals surface area contributed by atoms with Crippen LogP contribution in [-0.2, 0) is 28.4 Å². The lowest BCUT2D eigenvalue weighted by Gasteiger charge is -2.10. The second kappa shape index (κ2) is 6.89. The molecule has 130 valence electrons. The maximum atomic E-state index is 12.5. The number of carbonyl (C=O) groups is 1. The van der Waals surface area contributed by atoms with Crippen molar-refractivity contribution in [1.82, 2.24) is 0 Å². The van der Waals surface area contributed by atoms with Crippen LogP contribution in [0.1, 0.15) is 16.7 Å². The third kappa shape index (κ3) is 3.20. The van der Waals surface area contributed by atoms with E-state index in [1.54, 1.807) is 6.26 Å². The summed E-state index contributed by atoms with van der Waals surface area (Å²) in [6, 6.07) is 21.9. The predicted octanol–water partition coefficient (Wildman–Crippen LogP) is 4.18. The van der Waals surface area contributed by atoms with Gasteiger partial charge in [0.1, 0.15) is 0 Å². The second-order valence-corrected chi connectivity index (χ2v) is 7.84. The van der Waals surface area contributed by atoms with E-state index in [2.05, 4.69) is 41.7 Å². The van der Waals surface area contributed by atoms with Gasteiger partial charge in [-0.2, -0.15) is 0 Å². The molecule has 1 atom stereocenters. The zero-order valence-electron chi connectivity index (χ0n) is 14.5. The van der Waals surface area contributed by atoms with Crippen LogP contribution in [0.25, 0.3) is 11.1 Å². The molecule has 3 aromatic carbocycles. The number of hydrogen-bond acceptors (Lipinski definition) is 2. The van der Waals surface area contributed by atoms with E-state index >= 15 is 0 Å². The quantitative estimate of drug-likeness (QED) is 0.593. The fourth-order valence-corrected chi connectivity index (χ4v) is 4.31. The van der Waals surface area contributed by atoms with Crippen LogP contribution in [0.15, 0.2) is 71.6 Å². The lowest BCUT2D eigenvalue weighted by molar-refractivity contribution is -0.115. The maximum Gasteiger partial charge on any atom is 0.228 e. The average molecular weight is 361 g/mol. The zero-order chi connectivity index (χ0) is 18.1. The number of hydrogen-bond donors (Lipinski definition) is 1. The first-order valence-corrected chi connectivity index (χ1v) is 10.1. The van der Waals surface area contributed by atoms with Gasteiger partial charge >= 0.3 is 0 Å². The molecule has 0 fully saturated rings. The summed E-state index contributed by atoms with van der Waals surface area (Å²) >= 11 is 0. The Morgan fingerprint density at radius 3 is 2.54 bits per heavy atom. The highest BCUT2D eigenvalue weighted by Crippen LogP contribution is 2.37. The molecule has 0 unspecified atom stereocenters. The van der Waals surface area contributed by atoms with Crippen molar-refractivity contribution < 1.29 is 9.00 Å². The molecule has 1 aliphatic rings. The zero-order valence-corrected chi connectivity index (χ0v) is 15.3. The van der Waals surface area contributed by atoms with Gasteiger partial charge in [-0.05, 0) is 52.4 Å². The first-order chi connectivity index (χ1) is 12.6. The van der Waals surface area contributed by atoms with Crippen LogP contribution >= 0.6 is 0 Å². The fourth-order valence-electron chi connectivity index (χ4n) is 3.53. The Bertz CT molecular complexity index is 1030. The molecule has 4 rings (SSSR count). The molecule has 1 aliphatic carbocycles. The second-order valence-electron chi connectivity index (χ2n) is 6.49. The van der Waals surface area contributed by atoms with Gasteiger partial charge in [0.15, 0.2) is 0 Å². The van der Waals surface area contributed by atoms with E-state index in [0.29, 0.717) is 4.90 Å². The Morgan fingerprint density at radius 2 is 1.69 bits per heavy atom. The molecule has 3 nitrogen and oxygen atoms in total. The molecule has 26 heavy (non-hydrogen) atoms. The lowest BCUT2D eigenvalue weighted by Crippen LogP contribution is -2.15. The van der Waals surface area contributed by atoms with Crippen molar-refractivity contribution in [2.75, 3.05) is 11.6 Å². The SMILES string of the molecule is C[S@](=O)c1ccccc1CC(=O)Nc1ccc2c(c1)Cc1ccccc1-2. The highest BCUT2D eigenvalue weighted by molar-refractivity contribution is 7.84. The molecule has 1 amide bonds. The summed E-state index contributed by atoms with van der Waals surface area (Å²) in [7, 11) is -1.11. The highest BCUT2D eigenvalue weighted by Gasteiger charge is 2.18. The lowest BCUT2D eigenvalue weighted by atomic mass is 10.1. The third-order valence-electron chi connectivity index (χ3n) is 4.71. The van der Waals surface area contributed by atoms with Crippen molar-refractivity contribution in [3.63, 3.8) is 0 Å². The standard InChI is InChI=1S/C22H19NO2S/c1-26(25)21-9-5-3-7-16(21)14-22(24)23-18-10-11-20-17(13-18)12-15-6-2-4-8-19(15)20/h2-11,13H,12,14H2,1H3,(H,23,24)/t26-/m0/s1. The minimum Gasteiger partial charge on any atom is -0.326 e. The fraction of sp³-hybridized carbons (Fsp3) is 0.136. The first kappa shape index (κ1) is 16.7. The molecule has 0 heterocycles. The molecule has 4 heteroatoms. The Hall–Kier alpha value is -2.72. The predicted molar refractivity (Wildman–Crippen MR) is 106 cm³/mol. The number of rotatable bonds is 4. The summed E-state index contributed by atoms with van der Waals surface area (Å²) in [5, 5.41) is 2.98. The van der Waals surface area contributed by atoms with Crippen molar-refractivity contribution in [3.8, 4) is 11.1 Å². The summed E-state index contributed by atoms with van der Waals surface area (Å²) in [5.74, 6) is -0.0987. The van der Waals surface area contributed by atoms with Crippen LogP contribution in [0, 0.1) is 0 Å². The van der Waals surface area contributed by atoms with E-state index in [0.717, 1.165) is 17.7 Å². The van der Waals surface area contributed by atoms with Crippen LogP contribution in [0.3, 0.4) is 0 Å². The molecule has 0 saturated carbocycles. The van der Waals surface area contributed by atoms with Crippen LogP contribution in [0.2, 0.25) is 0 Å². The molecule has 1 N–H and O–H groups in total. The minimum atomic E-state index is -1.11. The number of carbonyl (C=O) groups excluding carboxylic acids is 1. The largest absolute Gasteiger partial charge is 0.326 e. The van der Waals surface area contributed by atoms with Gasteiger partial charge in [-0.3, -0.25) is 9.00 Å². The molecule has 0 spiro atoms. The third-order valence-corrected chi connectivity index (χ3v) is 5.73. The Balaban J connectivity index is 1.52. The van der Waals surface area contributed by atoms with E-state index < -0.39 is 10.8 Å². The summed E-state index contributed by atoms with van der Waals surface area (Å²) in [6.07, 6.45) is 2.74. The smallest absolute Gasteiger partial charge is 0.228 e. The summed E-state index contributed by atoms with van der Waals surface area (Å²) in [6.45, 7) is 0. The first-order valence-electron chi connectivity index (χ1n) is 8.54. The monoisotopic (exact) mass is 361 g/mol. The van der Waals surface area contributed by atoms with E-state index in [4.69, 9.17) is 0 Å². The van der Waals surface area contributed by atoms with Crippen molar-refractivity contribution in [1.29, 1.82) is 0 Å². The molecule has 0 saturated heterocycles. The summed E-state index contributed by atoms with van der Waals surface area (Å²) < 4.78 is 11.8. The van der Waals surface area contributed by atoms with Crippen molar-refractivity contribution in [3.05, 3.63) is 83.4 Å². The molecule has 0 radical (unpaired) electrons. The topological polar surface area (TPSA) is 46.2 Å². The van der Waals surface area contributed by atoms with Gasteiger partial charge in [-0.1, -0.05) is 48.5 Å². The minimum absolute atomic E-state index is 0.0987. The average Bonchev–Trinajstić information content (AvgIpc) is 2.99. The van der Waals surface area contributed by atoms with Crippen LogP contribution in [0.4, 0.5) is 5.69 Å². The number of amides is 1. The molecular formula is C22H19NO2S. The van der Waals surface area contributed by atoms with Gasteiger partial charge < -0.3 is 5.32 Å². The molecule has 3 aromatic rings. The highest BCUT2D eigenvalue weighted by atomic mass is 32.2. The van der Waals surface area contributed by atoms with Gasteiger partial charge in [0.2, 0.25) is 5.91 Å². The van der Waals surface area contributed by atoms with Gasteiger partial charge in [0, 0.05) is 16.8 Å². The molecular weight excluding hydrogens is 342 g/mol. The maximum absolute atomic E-state index is 12.5. The van der Waals surface area contributed by atoms with E-state index in [-0.39, 0.29) is 12.3 Å². The van der Waals surface area contributed by atoms with Crippen molar-refractivity contribution in [2.24, 2.45) is 0 Å². The molecule has 0 bridgehead atoms. The number of anilines is 1. The van der Waals surface area contributed by atoms with E-state index in [9.17, 15) is 9.00 Å².